The van der Waals surface area contributed by atoms with Crippen LogP contribution in [0.3, 0.4) is 0 Å². The fourth-order valence-corrected chi connectivity index (χ4v) is 1.38. The van der Waals surface area contributed by atoms with E-state index in [0.29, 0.717) is 0 Å². The van der Waals surface area contributed by atoms with Crippen LogP contribution in [0, 0.1) is 5.41 Å². The molecule has 0 aromatic rings. The number of hydrogen-bond acceptors (Lipinski definition) is 1. The molecular formula is C7H12NO. The van der Waals surface area contributed by atoms with Gasteiger partial charge in [0.15, 0.2) is 0 Å². The van der Waals surface area contributed by atoms with Crippen molar-refractivity contribution in [1.29, 1.82) is 0 Å². The molecule has 0 heterocycles. The standard InChI is InChI=1S/C7H12NO/c1-7(6(8)9)4-2-3-5-7/h8H,2-5H2,1H3. The lowest BCUT2D eigenvalue weighted by Gasteiger charge is -2.16. The van der Waals surface area contributed by atoms with Crippen molar-refractivity contribution < 1.29 is 4.79 Å². The van der Waals surface area contributed by atoms with Gasteiger partial charge in [-0.2, -0.15) is 0 Å². The van der Waals surface area contributed by atoms with Crippen molar-refractivity contribution in [2.75, 3.05) is 0 Å². The lowest BCUT2D eigenvalue weighted by Crippen LogP contribution is -2.24. The first-order chi connectivity index (χ1) is 4.15. The van der Waals surface area contributed by atoms with E-state index in [1.165, 1.54) is 0 Å². The topological polar surface area (TPSA) is 40.9 Å². The van der Waals surface area contributed by atoms with Crippen LogP contribution in [0.4, 0.5) is 0 Å². The van der Waals surface area contributed by atoms with E-state index in [1.54, 1.807) is 0 Å². The van der Waals surface area contributed by atoms with E-state index < -0.39 is 0 Å². The zero-order chi connectivity index (χ0) is 6.91. The van der Waals surface area contributed by atoms with Gasteiger partial charge in [-0.25, -0.2) is 0 Å². The highest BCUT2D eigenvalue weighted by Crippen LogP contribution is 2.37. The molecule has 51 valence electrons. The van der Waals surface area contributed by atoms with Crippen LogP contribution in [0.1, 0.15) is 32.6 Å². The van der Waals surface area contributed by atoms with E-state index in [1.807, 2.05) is 6.92 Å². The van der Waals surface area contributed by atoms with Gasteiger partial charge in [-0.3, -0.25) is 10.5 Å². The second-order valence-electron chi connectivity index (χ2n) is 3.10. The van der Waals surface area contributed by atoms with Gasteiger partial charge in [0.2, 0.25) is 5.91 Å². The fraction of sp³-hybridized carbons (Fsp3) is 0.857. The van der Waals surface area contributed by atoms with Gasteiger partial charge in [-0.15, -0.1) is 0 Å². The normalized spacial score (nSPS) is 24.1. The number of nitrogens with one attached hydrogen (secondary N) is 1. The summed E-state index contributed by atoms with van der Waals surface area (Å²) in [7, 11) is 0. The molecule has 0 spiro atoms. The van der Waals surface area contributed by atoms with Crippen LogP contribution in [0.2, 0.25) is 0 Å². The van der Waals surface area contributed by atoms with Crippen LogP contribution in [0.5, 0.6) is 0 Å². The first-order valence-corrected chi connectivity index (χ1v) is 3.41. The molecule has 1 saturated carbocycles. The first kappa shape index (κ1) is 6.59. The van der Waals surface area contributed by atoms with E-state index in [2.05, 4.69) is 0 Å². The summed E-state index contributed by atoms with van der Waals surface area (Å²) in [6.45, 7) is 1.90. The lowest BCUT2D eigenvalue weighted by atomic mass is 9.88. The molecule has 2 nitrogen and oxygen atoms in total. The third-order valence-electron chi connectivity index (χ3n) is 2.26. The summed E-state index contributed by atoms with van der Waals surface area (Å²) in [5.41, 5.74) is 6.66. The number of rotatable bonds is 1. The molecule has 0 aromatic heterocycles. The zero-order valence-corrected chi connectivity index (χ0v) is 5.74. The Bertz CT molecular complexity index is 125. The van der Waals surface area contributed by atoms with E-state index in [9.17, 15) is 4.79 Å². The van der Waals surface area contributed by atoms with Crippen LogP contribution in [-0.4, -0.2) is 5.91 Å². The number of hydrogen-bond donors (Lipinski definition) is 0. The summed E-state index contributed by atoms with van der Waals surface area (Å²) in [5, 5.41) is 0. The highest BCUT2D eigenvalue weighted by molar-refractivity contribution is 5.79. The van der Waals surface area contributed by atoms with Gasteiger partial charge in [-0.05, 0) is 12.8 Å². The summed E-state index contributed by atoms with van der Waals surface area (Å²) in [4.78, 5) is 10.6. The maximum Gasteiger partial charge on any atom is 0.244 e. The summed E-state index contributed by atoms with van der Waals surface area (Å²) in [6.07, 6.45) is 4.10. The Morgan fingerprint density at radius 1 is 1.44 bits per heavy atom. The summed E-state index contributed by atoms with van der Waals surface area (Å²) in [6, 6.07) is 0. The van der Waals surface area contributed by atoms with Gasteiger partial charge in [0.25, 0.3) is 0 Å². The molecule has 1 rings (SSSR count). The predicted molar refractivity (Wildman–Crippen MR) is 34.7 cm³/mol. The van der Waals surface area contributed by atoms with Crippen molar-refractivity contribution in [3.63, 3.8) is 0 Å². The molecule has 2 heteroatoms. The number of carbonyl (C=O) groups is 1. The molecule has 9 heavy (non-hydrogen) atoms. The van der Waals surface area contributed by atoms with Crippen molar-refractivity contribution in [2.45, 2.75) is 32.6 Å². The molecule has 0 aliphatic heterocycles. The second kappa shape index (κ2) is 2.01. The molecule has 1 fully saturated rings. The predicted octanol–water partition coefficient (Wildman–Crippen LogP) is 1.38. The summed E-state index contributed by atoms with van der Waals surface area (Å²) >= 11 is 0. The summed E-state index contributed by atoms with van der Waals surface area (Å²) < 4.78 is 0. The molecule has 1 aliphatic carbocycles. The molecule has 1 aliphatic rings. The minimum atomic E-state index is -0.375. The molecule has 1 N–H and O–H groups in total. The van der Waals surface area contributed by atoms with Crippen molar-refractivity contribution in [3.8, 4) is 0 Å². The minimum Gasteiger partial charge on any atom is -0.273 e. The van der Waals surface area contributed by atoms with Gasteiger partial charge in [0.1, 0.15) is 0 Å². The maximum absolute atomic E-state index is 10.6. The molecule has 1 amide bonds. The number of amides is 1. The highest BCUT2D eigenvalue weighted by Gasteiger charge is 2.34. The maximum atomic E-state index is 10.6. The van der Waals surface area contributed by atoms with Gasteiger partial charge in [0, 0.05) is 5.41 Å². The highest BCUT2D eigenvalue weighted by atomic mass is 16.1. The largest absolute Gasteiger partial charge is 0.273 e. The molecule has 0 atom stereocenters. The van der Waals surface area contributed by atoms with Gasteiger partial charge >= 0.3 is 0 Å². The van der Waals surface area contributed by atoms with Crippen molar-refractivity contribution >= 4 is 5.91 Å². The third-order valence-corrected chi connectivity index (χ3v) is 2.26. The van der Waals surface area contributed by atoms with E-state index in [0.717, 1.165) is 25.7 Å². The molecule has 1 radical (unpaired) electrons. The smallest absolute Gasteiger partial charge is 0.244 e. The van der Waals surface area contributed by atoms with Crippen LogP contribution in [0.25, 0.3) is 0 Å². The molecule has 0 aromatic carbocycles. The van der Waals surface area contributed by atoms with E-state index in [-0.39, 0.29) is 11.3 Å². The van der Waals surface area contributed by atoms with Crippen molar-refractivity contribution in [2.24, 2.45) is 5.41 Å². The third kappa shape index (κ3) is 1.07. The fourth-order valence-electron chi connectivity index (χ4n) is 1.38. The average molecular weight is 126 g/mol. The van der Waals surface area contributed by atoms with Gasteiger partial charge < -0.3 is 0 Å². The van der Waals surface area contributed by atoms with Crippen LogP contribution >= 0.6 is 0 Å². The van der Waals surface area contributed by atoms with E-state index >= 15 is 0 Å². The van der Waals surface area contributed by atoms with Crippen molar-refractivity contribution in [1.82, 2.24) is 5.73 Å². The molecular weight excluding hydrogens is 114 g/mol. The van der Waals surface area contributed by atoms with Gasteiger partial charge in [-0.1, -0.05) is 19.8 Å². The molecule has 0 unspecified atom stereocenters. The zero-order valence-electron chi connectivity index (χ0n) is 5.74. The Morgan fingerprint density at radius 3 is 2.11 bits per heavy atom. The Morgan fingerprint density at radius 2 is 1.89 bits per heavy atom. The minimum absolute atomic E-state index is 0.278. The van der Waals surface area contributed by atoms with Gasteiger partial charge in [0.05, 0.1) is 0 Å². The SMILES string of the molecule is CC1(C([NH])=O)CCCC1. The molecule has 0 saturated heterocycles. The lowest BCUT2D eigenvalue weighted by molar-refractivity contribution is -0.127. The van der Waals surface area contributed by atoms with Crippen molar-refractivity contribution in [3.05, 3.63) is 0 Å². The van der Waals surface area contributed by atoms with Crippen LogP contribution in [-0.2, 0) is 4.79 Å². The Kier molecular flexibility index (Phi) is 1.47. The molecule has 0 bridgehead atoms. The average Bonchev–Trinajstić information content (AvgIpc) is 2.16. The quantitative estimate of drug-likeness (QED) is 0.523. The Balaban J connectivity index is 2.61. The van der Waals surface area contributed by atoms with E-state index in [4.69, 9.17) is 5.73 Å². The second-order valence-corrected chi connectivity index (χ2v) is 3.10. The first-order valence-electron chi connectivity index (χ1n) is 3.41. The van der Waals surface area contributed by atoms with Crippen LogP contribution < -0.4 is 5.73 Å². The monoisotopic (exact) mass is 126 g/mol. The Labute approximate surface area is 55.4 Å². The summed E-state index contributed by atoms with van der Waals surface area (Å²) in [5.74, 6) is -0.375. The Hall–Kier alpha value is -0.530. The number of carbonyl (C=O) groups excluding carboxylic acids is 1. The van der Waals surface area contributed by atoms with Crippen LogP contribution in [0.15, 0.2) is 0 Å².